The summed E-state index contributed by atoms with van der Waals surface area (Å²) in [5.74, 6) is 0.365. The van der Waals surface area contributed by atoms with E-state index in [1.54, 1.807) is 0 Å². The topological polar surface area (TPSA) is 88.5 Å². The Morgan fingerprint density at radius 3 is 2.26 bits per heavy atom. The van der Waals surface area contributed by atoms with E-state index in [0.717, 1.165) is 73.4 Å². The number of amidine groups is 2. The molecule has 0 radical (unpaired) electrons. The second kappa shape index (κ2) is 11.3. The van der Waals surface area contributed by atoms with Crippen LogP contribution in [-0.4, -0.2) is 11.7 Å². The standard InChI is InChI=1S/C48H31N3O2/c49-47(51-48(50)37-10-5-13-42-46(37)36-8-1-2-11-39(36)52-42)31-18-14-27(15-19-31)34-9-4-12-41-45(34)38-26-32(22-25-40(38)53-41)33-23-20-30-17-16-28-6-3-7-29-21-24-35(33)44(30)43(28)29/h1-6,8-23,25-26H,7,24H2,(H3,49,50,51). The zero-order valence-corrected chi connectivity index (χ0v) is 28.6. The molecule has 11 rings (SSSR count). The molecule has 2 aliphatic carbocycles. The van der Waals surface area contributed by atoms with Gasteiger partial charge in [0.25, 0.3) is 0 Å². The molecule has 3 N–H and O–H groups in total. The van der Waals surface area contributed by atoms with Gasteiger partial charge in [-0.3, -0.25) is 5.41 Å². The third kappa shape index (κ3) is 4.50. The molecule has 0 aliphatic heterocycles. The van der Waals surface area contributed by atoms with E-state index in [4.69, 9.17) is 20.0 Å². The van der Waals surface area contributed by atoms with Crippen molar-refractivity contribution in [2.45, 2.75) is 12.8 Å². The van der Waals surface area contributed by atoms with Crippen LogP contribution in [-0.2, 0) is 6.42 Å². The molecular weight excluding hydrogens is 651 g/mol. The number of rotatable bonds is 4. The molecule has 53 heavy (non-hydrogen) atoms. The molecule has 5 nitrogen and oxygen atoms in total. The Bertz CT molecular complexity index is 3130. The number of para-hydroxylation sites is 1. The number of hydrogen-bond donors (Lipinski definition) is 2. The Morgan fingerprint density at radius 2 is 1.38 bits per heavy atom. The molecule has 250 valence electrons. The zero-order valence-electron chi connectivity index (χ0n) is 28.6. The molecule has 0 saturated heterocycles. The van der Waals surface area contributed by atoms with Gasteiger partial charge in [0.1, 0.15) is 28.2 Å². The Labute approximate surface area is 304 Å². The molecule has 0 atom stereocenters. The van der Waals surface area contributed by atoms with Gasteiger partial charge in [0, 0.05) is 32.7 Å². The van der Waals surface area contributed by atoms with Crippen molar-refractivity contribution in [3.8, 4) is 22.3 Å². The van der Waals surface area contributed by atoms with Crippen LogP contribution in [0.4, 0.5) is 0 Å². The molecule has 0 saturated carbocycles. The van der Waals surface area contributed by atoms with Gasteiger partial charge >= 0.3 is 0 Å². The predicted octanol–water partition coefficient (Wildman–Crippen LogP) is 12.1. The third-order valence-electron chi connectivity index (χ3n) is 11.0. The first-order chi connectivity index (χ1) is 26.1. The highest BCUT2D eigenvalue weighted by molar-refractivity contribution is 6.20. The summed E-state index contributed by atoms with van der Waals surface area (Å²) in [6, 6.07) is 43.5. The fourth-order valence-corrected chi connectivity index (χ4v) is 8.58. The van der Waals surface area contributed by atoms with Crippen LogP contribution in [0.1, 0.15) is 34.2 Å². The average molecular weight is 682 g/mol. The number of furan rings is 2. The van der Waals surface area contributed by atoms with Crippen LogP contribution in [0, 0.1) is 5.41 Å². The van der Waals surface area contributed by atoms with Crippen molar-refractivity contribution in [3.05, 3.63) is 167 Å². The van der Waals surface area contributed by atoms with Crippen LogP contribution >= 0.6 is 0 Å². The Hall–Kier alpha value is -6.98. The number of allylic oxidation sites excluding steroid dienone is 3. The largest absolute Gasteiger partial charge is 0.456 e. The Morgan fingerprint density at radius 1 is 0.623 bits per heavy atom. The lowest BCUT2D eigenvalue weighted by atomic mass is 9.79. The lowest BCUT2D eigenvalue weighted by molar-refractivity contribution is 0.668. The van der Waals surface area contributed by atoms with Gasteiger partial charge in [-0.1, -0.05) is 115 Å². The summed E-state index contributed by atoms with van der Waals surface area (Å²) < 4.78 is 12.5. The average Bonchev–Trinajstić information content (AvgIpc) is 3.78. The summed E-state index contributed by atoms with van der Waals surface area (Å²) in [6.45, 7) is 0. The van der Waals surface area contributed by atoms with Gasteiger partial charge < -0.3 is 14.6 Å². The first-order valence-electron chi connectivity index (χ1n) is 17.9. The number of nitrogens with zero attached hydrogens (tertiary/aromatic N) is 1. The Kier molecular flexibility index (Phi) is 6.31. The van der Waals surface area contributed by atoms with E-state index in [-0.39, 0.29) is 11.7 Å². The molecule has 5 heteroatoms. The van der Waals surface area contributed by atoms with E-state index in [2.05, 4.69) is 71.8 Å². The van der Waals surface area contributed by atoms with Crippen molar-refractivity contribution >= 4 is 78.0 Å². The SMILES string of the molecule is N=C(N=C(N)c1cccc2oc3ccccc3c12)c1ccc(-c2cccc3oc4ccc(-c5ccc6ccc7c8c6c5CC=C8CC=C7)cc4c23)cc1. The zero-order chi connectivity index (χ0) is 35.2. The van der Waals surface area contributed by atoms with E-state index in [1.165, 1.54) is 44.2 Å². The molecule has 0 spiro atoms. The highest BCUT2D eigenvalue weighted by atomic mass is 16.3. The van der Waals surface area contributed by atoms with Crippen LogP contribution in [0.2, 0.25) is 0 Å². The summed E-state index contributed by atoms with van der Waals surface area (Å²) in [5.41, 5.74) is 21.3. The summed E-state index contributed by atoms with van der Waals surface area (Å²) in [5, 5.41) is 15.6. The predicted molar refractivity (Wildman–Crippen MR) is 219 cm³/mol. The third-order valence-corrected chi connectivity index (χ3v) is 11.0. The van der Waals surface area contributed by atoms with Crippen LogP contribution in [0.3, 0.4) is 0 Å². The number of aliphatic imine (C=N–C) groups is 1. The maximum atomic E-state index is 8.86. The van der Waals surface area contributed by atoms with Crippen LogP contribution in [0.15, 0.2) is 153 Å². The minimum Gasteiger partial charge on any atom is -0.456 e. The number of fused-ring (bicyclic) bond motifs is 6. The van der Waals surface area contributed by atoms with Gasteiger partial charge in [-0.05, 0) is 98.5 Å². The van der Waals surface area contributed by atoms with Gasteiger partial charge in [-0.25, -0.2) is 4.99 Å². The number of nitrogens with two attached hydrogens (primary N) is 1. The molecule has 0 fully saturated rings. The fourth-order valence-electron chi connectivity index (χ4n) is 8.58. The summed E-state index contributed by atoms with van der Waals surface area (Å²) >= 11 is 0. The van der Waals surface area contributed by atoms with E-state index >= 15 is 0 Å². The second-order valence-corrected chi connectivity index (χ2v) is 14.0. The number of nitrogens with one attached hydrogen (secondary N) is 1. The molecule has 0 unspecified atom stereocenters. The van der Waals surface area contributed by atoms with Gasteiger partial charge in [0.05, 0.1) is 0 Å². The molecule has 0 bridgehead atoms. The summed E-state index contributed by atoms with van der Waals surface area (Å²) in [6.07, 6.45) is 8.88. The maximum Gasteiger partial charge on any atom is 0.154 e. The van der Waals surface area contributed by atoms with Crippen LogP contribution in [0.5, 0.6) is 0 Å². The molecular formula is C48H31N3O2. The number of benzene rings is 7. The van der Waals surface area contributed by atoms with E-state index in [0.29, 0.717) is 5.56 Å². The van der Waals surface area contributed by atoms with Crippen LogP contribution in [0.25, 0.3) is 88.6 Å². The quantitative estimate of drug-likeness (QED) is 0.143. The van der Waals surface area contributed by atoms with Crippen molar-refractivity contribution < 1.29 is 8.83 Å². The van der Waals surface area contributed by atoms with E-state index in [9.17, 15) is 0 Å². The molecule has 2 aliphatic rings. The van der Waals surface area contributed by atoms with E-state index in [1.807, 2.05) is 78.9 Å². The fraction of sp³-hybridized carbons (Fsp3) is 0.0417. The lowest BCUT2D eigenvalue weighted by Gasteiger charge is -2.25. The first kappa shape index (κ1) is 29.7. The van der Waals surface area contributed by atoms with E-state index < -0.39 is 0 Å². The smallest absolute Gasteiger partial charge is 0.154 e. The van der Waals surface area contributed by atoms with Gasteiger partial charge in [-0.2, -0.15) is 0 Å². The van der Waals surface area contributed by atoms with Gasteiger partial charge in [0.2, 0.25) is 0 Å². The summed E-state index contributed by atoms with van der Waals surface area (Å²) in [7, 11) is 0. The van der Waals surface area contributed by atoms with Crippen molar-refractivity contribution in [1.29, 1.82) is 5.41 Å². The molecule has 2 heterocycles. The molecule has 9 aromatic rings. The van der Waals surface area contributed by atoms with Gasteiger partial charge in [-0.15, -0.1) is 0 Å². The highest BCUT2D eigenvalue weighted by Gasteiger charge is 2.23. The maximum absolute atomic E-state index is 8.86. The van der Waals surface area contributed by atoms with Crippen LogP contribution < -0.4 is 5.73 Å². The Balaban J connectivity index is 0.967. The normalized spacial score (nSPS) is 13.8. The molecule has 0 amide bonds. The minimum atomic E-state index is 0.0917. The van der Waals surface area contributed by atoms with Crippen molar-refractivity contribution in [2.24, 2.45) is 10.7 Å². The van der Waals surface area contributed by atoms with Crippen molar-refractivity contribution in [2.75, 3.05) is 0 Å². The van der Waals surface area contributed by atoms with Crippen molar-refractivity contribution in [1.82, 2.24) is 0 Å². The minimum absolute atomic E-state index is 0.0917. The molecule has 2 aromatic heterocycles. The van der Waals surface area contributed by atoms with Gasteiger partial charge in [0.15, 0.2) is 5.84 Å². The second-order valence-electron chi connectivity index (χ2n) is 14.0. The van der Waals surface area contributed by atoms with Crippen molar-refractivity contribution in [3.63, 3.8) is 0 Å². The first-order valence-corrected chi connectivity index (χ1v) is 17.9. The monoisotopic (exact) mass is 681 g/mol. The molecule has 7 aromatic carbocycles. The number of hydrogen-bond acceptors (Lipinski definition) is 3. The summed E-state index contributed by atoms with van der Waals surface area (Å²) in [4.78, 5) is 4.55. The highest BCUT2D eigenvalue weighted by Crippen LogP contribution is 2.45. The lowest BCUT2D eigenvalue weighted by Crippen LogP contribution is -2.16.